The maximum Gasteiger partial charge on any atom is 0.291 e. The molecule has 4 heterocycles. The smallest absolute Gasteiger partial charge is 0.291 e. The van der Waals surface area contributed by atoms with Crippen LogP contribution in [0.25, 0.3) is 0 Å². The standard InChI is InChI=1S/C31H29BrN4O5/c1-40-23-8-5-19(6-9-23)15-33-30(38)21-7-10-26(24(14-21)34-31(39)27-11-12-28(32)41-27)35-16-20-13-22(18-35)25-3-2-4-29(37)36(25)17-20/h2-12,14,20,22H,13,15-18H2,1H3,(H,33,38)(H,34,39). The van der Waals surface area contributed by atoms with E-state index in [4.69, 9.17) is 9.15 Å². The van der Waals surface area contributed by atoms with E-state index in [1.165, 1.54) is 0 Å². The minimum absolute atomic E-state index is 0.0354. The topological polar surface area (TPSA) is 106 Å². The molecule has 2 aliphatic heterocycles. The fraction of sp³-hybridized carbons (Fsp3) is 0.258. The molecule has 0 spiro atoms. The summed E-state index contributed by atoms with van der Waals surface area (Å²) in [7, 11) is 1.61. The lowest BCUT2D eigenvalue weighted by molar-refractivity contribution is 0.0949. The van der Waals surface area contributed by atoms with E-state index in [9.17, 15) is 14.4 Å². The number of ether oxygens (including phenoxy) is 1. The monoisotopic (exact) mass is 616 g/mol. The Morgan fingerprint density at radius 1 is 1.00 bits per heavy atom. The average molecular weight is 618 g/mol. The van der Waals surface area contributed by atoms with Crippen LogP contribution in [-0.4, -0.2) is 36.6 Å². The Kier molecular flexibility index (Phi) is 7.40. The van der Waals surface area contributed by atoms with Gasteiger partial charge in [0.2, 0.25) is 0 Å². The van der Waals surface area contributed by atoms with Gasteiger partial charge in [0.1, 0.15) is 5.75 Å². The van der Waals surface area contributed by atoms with Gasteiger partial charge in [-0.15, -0.1) is 0 Å². The zero-order valence-electron chi connectivity index (χ0n) is 22.4. The molecule has 4 aromatic rings. The molecule has 2 unspecified atom stereocenters. The Bertz CT molecular complexity index is 1660. The molecule has 2 N–H and O–H groups in total. The van der Waals surface area contributed by atoms with Gasteiger partial charge in [-0.1, -0.05) is 18.2 Å². The van der Waals surface area contributed by atoms with Crippen molar-refractivity contribution in [2.24, 2.45) is 5.92 Å². The molecule has 1 saturated heterocycles. The quantitative estimate of drug-likeness (QED) is 0.302. The number of nitrogens with one attached hydrogen (secondary N) is 2. The number of aromatic nitrogens is 1. The highest BCUT2D eigenvalue weighted by molar-refractivity contribution is 9.10. The molecule has 0 aliphatic carbocycles. The lowest BCUT2D eigenvalue weighted by atomic mass is 9.83. The molecule has 210 valence electrons. The summed E-state index contributed by atoms with van der Waals surface area (Å²) in [5, 5.41) is 5.92. The summed E-state index contributed by atoms with van der Waals surface area (Å²) < 4.78 is 13.0. The van der Waals surface area contributed by atoms with Gasteiger partial charge in [-0.3, -0.25) is 14.4 Å². The second kappa shape index (κ2) is 11.3. The number of anilines is 2. The van der Waals surface area contributed by atoms with E-state index in [2.05, 4.69) is 31.5 Å². The lowest BCUT2D eigenvalue weighted by Gasteiger charge is -2.44. The maximum atomic E-state index is 13.1. The second-order valence-electron chi connectivity index (χ2n) is 10.4. The Morgan fingerprint density at radius 2 is 1.83 bits per heavy atom. The molecule has 6 rings (SSSR count). The number of hydrogen-bond donors (Lipinski definition) is 2. The SMILES string of the molecule is COc1ccc(CNC(=O)c2ccc(N3CC4CC(C3)c3cccc(=O)n3C4)c(NC(=O)c3ccc(Br)o3)c2)cc1. The van der Waals surface area contributed by atoms with E-state index in [0.717, 1.165) is 35.7 Å². The van der Waals surface area contributed by atoms with Crippen LogP contribution < -0.4 is 25.8 Å². The van der Waals surface area contributed by atoms with Crippen molar-refractivity contribution in [1.29, 1.82) is 0 Å². The molecule has 2 aromatic carbocycles. The van der Waals surface area contributed by atoms with Gasteiger partial charge < -0.3 is 29.3 Å². The number of benzene rings is 2. The average Bonchev–Trinajstić information content (AvgIpc) is 3.43. The first-order valence-corrected chi connectivity index (χ1v) is 14.2. The summed E-state index contributed by atoms with van der Waals surface area (Å²) in [6.45, 7) is 2.44. The van der Waals surface area contributed by atoms with Crippen LogP contribution in [0.2, 0.25) is 0 Å². The van der Waals surface area contributed by atoms with Crippen molar-refractivity contribution in [3.8, 4) is 5.75 Å². The molecule has 2 atom stereocenters. The number of furan rings is 1. The summed E-state index contributed by atoms with van der Waals surface area (Å²) in [6.07, 6.45) is 1.01. The van der Waals surface area contributed by atoms with Crippen molar-refractivity contribution in [2.75, 3.05) is 30.4 Å². The third-order valence-electron chi connectivity index (χ3n) is 7.74. The second-order valence-corrected chi connectivity index (χ2v) is 11.2. The number of amides is 2. The Hall–Kier alpha value is -4.31. The fourth-order valence-electron chi connectivity index (χ4n) is 5.79. The van der Waals surface area contributed by atoms with Crippen molar-refractivity contribution < 1.29 is 18.7 Å². The van der Waals surface area contributed by atoms with Crippen LogP contribution in [0.15, 0.2) is 86.7 Å². The van der Waals surface area contributed by atoms with Gasteiger partial charge in [-0.2, -0.15) is 0 Å². The van der Waals surface area contributed by atoms with Gasteiger partial charge in [0.25, 0.3) is 17.4 Å². The highest BCUT2D eigenvalue weighted by Gasteiger charge is 2.35. The van der Waals surface area contributed by atoms with Gasteiger partial charge in [0.05, 0.1) is 18.5 Å². The number of methoxy groups -OCH3 is 1. The predicted octanol–water partition coefficient (Wildman–Crippen LogP) is 5.02. The van der Waals surface area contributed by atoms with Crippen LogP contribution in [0, 0.1) is 5.92 Å². The Morgan fingerprint density at radius 3 is 2.59 bits per heavy atom. The van der Waals surface area contributed by atoms with E-state index < -0.39 is 5.91 Å². The number of halogens is 1. The molecule has 0 radical (unpaired) electrons. The minimum Gasteiger partial charge on any atom is -0.497 e. The zero-order valence-corrected chi connectivity index (χ0v) is 24.0. The summed E-state index contributed by atoms with van der Waals surface area (Å²) in [6, 6.07) is 21.6. The number of pyridine rings is 1. The Labute approximate surface area is 245 Å². The summed E-state index contributed by atoms with van der Waals surface area (Å²) >= 11 is 3.24. The first-order chi connectivity index (χ1) is 19.9. The molecule has 41 heavy (non-hydrogen) atoms. The van der Waals surface area contributed by atoms with Gasteiger partial charge in [-0.25, -0.2) is 0 Å². The van der Waals surface area contributed by atoms with Crippen molar-refractivity contribution in [3.05, 3.63) is 110 Å². The fourth-order valence-corrected chi connectivity index (χ4v) is 6.10. The van der Waals surface area contributed by atoms with E-state index in [1.54, 1.807) is 37.4 Å². The number of carbonyl (C=O) groups excluding carboxylic acids is 2. The van der Waals surface area contributed by atoms with Crippen molar-refractivity contribution in [3.63, 3.8) is 0 Å². The van der Waals surface area contributed by atoms with Crippen LogP contribution in [0.3, 0.4) is 0 Å². The number of carbonyl (C=O) groups is 2. The Balaban J connectivity index is 1.27. The molecule has 1 fully saturated rings. The highest BCUT2D eigenvalue weighted by atomic mass is 79.9. The van der Waals surface area contributed by atoms with E-state index in [0.29, 0.717) is 41.5 Å². The van der Waals surface area contributed by atoms with E-state index >= 15 is 0 Å². The van der Waals surface area contributed by atoms with Gasteiger partial charge in [0.15, 0.2) is 10.4 Å². The van der Waals surface area contributed by atoms with Gasteiger partial charge in [-0.05, 0) is 82.4 Å². The zero-order chi connectivity index (χ0) is 28.5. The van der Waals surface area contributed by atoms with E-state index in [-0.39, 0.29) is 23.1 Å². The molecule has 2 amide bonds. The minimum atomic E-state index is -0.415. The van der Waals surface area contributed by atoms with Crippen molar-refractivity contribution in [2.45, 2.75) is 25.4 Å². The first kappa shape index (κ1) is 26.9. The lowest BCUT2D eigenvalue weighted by Crippen LogP contribution is -2.47. The highest BCUT2D eigenvalue weighted by Crippen LogP contribution is 2.39. The molecule has 0 saturated carbocycles. The van der Waals surface area contributed by atoms with Crippen molar-refractivity contribution >= 4 is 39.1 Å². The number of rotatable bonds is 7. The normalized spacial score (nSPS) is 17.5. The van der Waals surface area contributed by atoms with E-state index in [1.807, 2.05) is 47.0 Å². The molecule has 10 heteroatoms. The summed E-state index contributed by atoms with van der Waals surface area (Å²) in [5.41, 5.74) is 3.77. The maximum absolute atomic E-state index is 13.1. The number of hydrogen-bond acceptors (Lipinski definition) is 6. The third-order valence-corrected chi connectivity index (χ3v) is 8.16. The third kappa shape index (κ3) is 5.65. The van der Waals surface area contributed by atoms with Crippen LogP contribution in [0.1, 0.15) is 44.5 Å². The molecule has 9 nitrogen and oxygen atoms in total. The summed E-state index contributed by atoms with van der Waals surface area (Å²) in [4.78, 5) is 41.0. The van der Waals surface area contributed by atoms with Gasteiger partial charge >= 0.3 is 0 Å². The number of fused-ring (bicyclic) bond motifs is 4. The van der Waals surface area contributed by atoms with Crippen LogP contribution in [0.4, 0.5) is 11.4 Å². The largest absolute Gasteiger partial charge is 0.497 e. The van der Waals surface area contributed by atoms with Gasteiger partial charge in [0, 0.05) is 49.4 Å². The predicted molar refractivity (Wildman–Crippen MR) is 159 cm³/mol. The van der Waals surface area contributed by atoms with Crippen LogP contribution in [-0.2, 0) is 13.1 Å². The number of nitrogens with zero attached hydrogens (tertiary/aromatic N) is 2. The molecular weight excluding hydrogens is 588 g/mol. The molecule has 2 aliphatic rings. The first-order valence-electron chi connectivity index (χ1n) is 13.4. The van der Waals surface area contributed by atoms with Crippen LogP contribution in [0.5, 0.6) is 5.75 Å². The van der Waals surface area contributed by atoms with Crippen molar-refractivity contribution in [1.82, 2.24) is 9.88 Å². The molecule has 2 aromatic heterocycles. The van der Waals surface area contributed by atoms with Crippen LogP contribution >= 0.6 is 15.9 Å². The number of piperidine rings is 1. The molecule has 2 bridgehead atoms. The summed E-state index contributed by atoms with van der Waals surface area (Å²) in [5.74, 6) is 0.708. The molecular formula is C31H29BrN4O5.